The molecule has 14 heavy (non-hydrogen) atoms. The molecule has 4 heteroatoms. The van der Waals surface area contributed by atoms with Gasteiger partial charge >= 0.3 is 0 Å². The minimum atomic E-state index is 0.528. The molecule has 0 aliphatic heterocycles. The lowest BCUT2D eigenvalue weighted by Gasteiger charge is -1.97. The first-order chi connectivity index (χ1) is 6.76. The number of hydrogen-bond acceptors (Lipinski definition) is 2. The van der Waals surface area contributed by atoms with Crippen molar-refractivity contribution in [3.63, 3.8) is 0 Å². The molecular weight excluding hydrogens is 282 g/mol. The zero-order valence-corrected chi connectivity index (χ0v) is 10.2. The van der Waals surface area contributed by atoms with Crippen LogP contribution in [0.3, 0.4) is 0 Å². The second-order valence-electron chi connectivity index (χ2n) is 2.83. The highest BCUT2D eigenvalue weighted by molar-refractivity contribution is 9.08. The summed E-state index contributed by atoms with van der Waals surface area (Å²) in [5.74, 6) is 0. The third kappa shape index (κ3) is 1.54. The fraction of sp³-hybridized carbons (Fsp3) is 0.100. The van der Waals surface area contributed by atoms with E-state index in [2.05, 4.69) is 27.4 Å². The molecule has 2 aromatic rings. The number of nitrogens with zero attached hydrogens (tertiary/aromatic N) is 1. The summed E-state index contributed by atoms with van der Waals surface area (Å²) in [6.07, 6.45) is 0. The van der Waals surface area contributed by atoms with E-state index >= 15 is 0 Å². The number of rotatable bonds is 1. The third-order valence-electron chi connectivity index (χ3n) is 2.01. The summed E-state index contributed by atoms with van der Waals surface area (Å²) in [4.78, 5) is 0. The smallest absolute Gasteiger partial charge is 0.101 e. The predicted molar refractivity (Wildman–Crippen MR) is 64.2 cm³/mol. The van der Waals surface area contributed by atoms with Crippen molar-refractivity contribution in [3.8, 4) is 6.07 Å². The fourth-order valence-corrected chi connectivity index (χ4v) is 3.16. The van der Waals surface area contributed by atoms with E-state index in [1.165, 1.54) is 5.56 Å². The van der Waals surface area contributed by atoms with Gasteiger partial charge in [0.15, 0.2) is 0 Å². The van der Waals surface area contributed by atoms with Gasteiger partial charge in [-0.2, -0.15) is 5.26 Å². The van der Waals surface area contributed by atoms with Gasteiger partial charge in [-0.15, -0.1) is 11.3 Å². The molecule has 0 unspecified atom stereocenters. The molecule has 1 heterocycles. The van der Waals surface area contributed by atoms with Crippen LogP contribution in [0.25, 0.3) is 10.1 Å². The first-order valence-electron chi connectivity index (χ1n) is 3.92. The topological polar surface area (TPSA) is 23.8 Å². The van der Waals surface area contributed by atoms with E-state index in [9.17, 15) is 0 Å². The van der Waals surface area contributed by atoms with Crippen molar-refractivity contribution in [2.45, 2.75) is 5.33 Å². The number of halogens is 2. The highest BCUT2D eigenvalue weighted by Gasteiger charge is 2.07. The maximum atomic E-state index is 8.80. The van der Waals surface area contributed by atoms with Crippen LogP contribution in [0.1, 0.15) is 11.1 Å². The summed E-state index contributed by atoms with van der Waals surface area (Å²) in [6.45, 7) is 0. The molecule has 0 aliphatic rings. The number of hydrogen-bond donors (Lipinski definition) is 0. The average molecular weight is 287 g/mol. The SMILES string of the molecule is N#Cc1cc2scc(CBr)c2cc1Cl. The molecule has 1 aromatic carbocycles. The molecule has 1 aromatic heterocycles. The summed E-state index contributed by atoms with van der Waals surface area (Å²) in [5.41, 5.74) is 1.76. The van der Waals surface area contributed by atoms with Crippen LogP contribution in [0.5, 0.6) is 0 Å². The Hall–Kier alpha value is -0.560. The molecule has 0 radical (unpaired) electrons. The number of alkyl halides is 1. The average Bonchev–Trinajstić information content (AvgIpc) is 2.58. The first kappa shape index (κ1) is 9.97. The molecule has 1 nitrogen and oxygen atoms in total. The largest absolute Gasteiger partial charge is 0.192 e. The Morgan fingerprint density at radius 1 is 1.50 bits per heavy atom. The number of fused-ring (bicyclic) bond motifs is 1. The maximum absolute atomic E-state index is 8.80. The van der Waals surface area contributed by atoms with E-state index in [-0.39, 0.29) is 0 Å². The third-order valence-corrected chi connectivity index (χ3v) is 3.92. The number of nitriles is 1. The van der Waals surface area contributed by atoms with Gasteiger partial charge in [0.05, 0.1) is 10.6 Å². The standard InChI is InChI=1S/C10H5BrClNS/c11-3-7-5-14-10-1-6(4-13)9(12)2-8(7)10/h1-2,5H,3H2. The second kappa shape index (κ2) is 3.90. The Kier molecular flexibility index (Phi) is 2.78. The lowest BCUT2D eigenvalue weighted by atomic mass is 10.1. The van der Waals surface area contributed by atoms with Gasteiger partial charge in [0, 0.05) is 10.0 Å². The lowest BCUT2D eigenvalue weighted by molar-refractivity contribution is 1.49. The zero-order valence-electron chi connectivity index (χ0n) is 7.05. The van der Waals surface area contributed by atoms with Crippen molar-refractivity contribution >= 4 is 49.0 Å². The highest BCUT2D eigenvalue weighted by atomic mass is 79.9. The van der Waals surface area contributed by atoms with Crippen LogP contribution in [0, 0.1) is 11.3 Å². The van der Waals surface area contributed by atoms with E-state index in [0.29, 0.717) is 10.6 Å². The lowest BCUT2D eigenvalue weighted by Crippen LogP contribution is -1.78. The molecular formula is C10H5BrClNS. The van der Waals surface area contributed by atoms with Crippen LogP contribution in [-0.2, 0) is 5.33 Å². The van der Waals surface area contributed by atoms with Gasteiger partial charge in [-0.25, -0.2) is 0 Å². The van der Waals surface area contributed by atoms with Crippen molar-refractivity contribution in [1.82, 2.24) is 0 Å². The molecule has 0 saturated carbocycles. The molecule has 0 fully saturated rings. The van der Waals surface area contributed by atoms with E-state index in [1.807, 2.05) is 12.1 Å². The van der Waals surface area contributed by atoms with E-state index in [1.54, 1.807) is 11.3 Å². The quantitative estimate of drug-likeness (QED) is 0.716. The van der Waals surface area contributed by atoms with Crippen LogP contribution in [-0.4, -0.2) is 0 Å². The summed E-state index contributed by atoms with van der Waals surface area (Å²) >= 11 is 11.0. The Labute approximate surface area is 99.0 Å². The van der Waals surface area contributed by atoms with Crippen LogP contribution >= 0.6 is 38.9 Å². The number of thiophene rings is 1. The van der Waals surface area contributed by atoms with E-state index < -0.39 is 0 Å². The van der Waals surface area contributed by atoms with Crippen LogP contribution in [0.4, 0.5) is 0 Å². The Morgan fingerprint density at radius 2 is 2.29 bits per heavy atom. The van der Waals surface area contributed by atoms with Gasteiger partial charge in [-0.1, -0.05) is 27.5 Å². The van der Waals surface area contributed by atoms with Gasteiger partial charge < -0.3 is 0 Å². The molecule has 0 N–H and O–H groups in total. The summed E-state index contributed by atoms with van der Waals surface area (Å²) < 4.78 is 1.11. The van der Waals surface area contributed by atoms with Crippen molar-refractivity contribution < 1.29 is 0 Å². The van der Waals surface area contributed by atoms with Crippen molar-refractivity contribution in [2.24, 2.45) is 0 Å². The zero-order chi connectivity index (χ0) is 10.1. The summed E-state index contributed by atoms with van der Waals surface area (Å²) in [5, 5.41) is 13.4. The maximum Gasteiger partial charge on any atom is 0.101 e. The van der Waals surface area contributed by atoms with Gasteiger partial charge in [0.2, 0.25) is 0 Å². The van der Waals surface area contributed by atoms with Gasteiger partial charge in [-0.05, 0) is 28.5 Å². The molecule has 0 atom stereocenters. The highest BCUT2D eigenvalue weighted by Crippen LogP contribution is 2.31. The van der Waals surface area contributed by atoms with E-state index in [4.69, 9.17) is 16.9 Å². The molecule has 2 rings (SSSR count). The Bertz CT molecular complexity index is 527. The van der Waals surface area contributed by atoms with Gasteiger partial charge in [0.1, 0.15) is 6.07 Å². The molecule has 0 bridgehead atoms. The molecule has 0 aliphatic carbocycles. The van der Waals surface area contributed by atoms with Gasteiger partial charge in [0.25, 0.3) is 0 Å². The van der Waals surface area contributed by atoms with Crippen LogP contribution < -0.4 is 0 Å². The molecule has 0 saturated heterocycles. The predicted octanol–water partition coefficient (Wildman–Crippen LogP) is 4.32. The molecule has 0 amide bonds. The normalized spacial score (nSPS) is 10.4. The summed E-state index contributed by atoms with van der Waals surface area (Å²) in [7, 11) is 0. The minimum Gasteiger partial charge on any atom is -0.192 e. The number of benzene rings is 1. The van der Waals surface area contributed by atoms with Crippen LogP contribution in [0.15, 0.2) is 17.5 Å². The fourth-order valence-electron chi connectivity index (χ4n) is 1.29. The van der Waals surface area contributed by atoms with Crippen molar-refractivity contribution in [1.29, 1.82) is 5.26 Å². The summed E-state index contributed by atoms with van der Waals surface area (Å²) in [6, 6.07) is 5.78. The second-order valence-corrected chi connectivity index (χ2v) is 4.71. The Morgan fingerprint density at radius 3 is 2.93 bits per heavy atom. The minimum absolute atomic E-state index is 0.528. The van der Waals surface area contributed by atoms with Crippen molar-refractivity contribution in [3.05, 3.63) is 33.7 Å². The van der Waals surface area contributed by atoms with Crippen LogP contribution in [0.2, 0.25) is 5.02 Å². The first-order valence-corrected chi connectivity index (χ1v) is 6.30. The molecule has 70 valence electrons. The van der Waals surface area contributed by atoms with Crippen molar-refractivity contribution in [2.75, 3.05) is 0 Å². The van der Waals surface area contributed by atoms with E-state index in [0.717, 1.165) is 15.4 Å². The monoisotopic (exact) mass is 285 g/mol. The molecule has 0 spiro atoms. The van der Waals surface area contributed by atoms with Gasteiger partial charge in [-0.3, -0.25) is 0 Å². The Balaban J connectivity index is 2.77.